The van der Waals surface area contributed by atoms with Gasteiger partial charge in [-0.15, -0.1) is 0 Å². The van der Waals surface area contributed by atoms with Crippen LogP contribution >= 0.6 is 0 Å². The first-order valence-electron chi connectivity index (χ1n) is 6.47. The van der Waals surface area contributed by atoms with Crippen LogP contribution in [0.2, 0.25) is 0 Å². The normalized spacial score (nSPS) is 38.5. The molecule has 0 aromatic heterocycles. The molecule has 0 amide bonds. The molecule has 1 aromatic rings. The van der Waals surface area contributed by atoms with Gasteiger partial charge in [0.25, 0.3) is 10.1 Å². The number of rotatable bonds is 3. The Bertz CT molecular complexity index is 625. The van der Waals surface area contributed by atoms with E-state index in [0.29, 0.717) is 6.61 Å². The van der Waals surface area contributed by atoms with E-state index in [2.05, 4.69) is 0 Å². The van der Waals surface area contributed by atoms with E-state index in [-0.39, 0.29) is 23.2 Å². The maximum Gasteiger partial charge on any atom is 0.297 e. The van der Waals surface area contributed by atoms with Gasteiger partial charge >= 0.3 is 0 Å². The Morgan fingerprint density at radius 2 is 1.90 bits per heavy atom. The highest BCUT2D eigenvalue weighted by Crippen LogP contribution is 2.43. The second kappa shape index (κ2) is 4.25. The van der Waals surface area contributed by atoms with E-state index in [1.165, 1.54) is 12.1 Å². The number of hydrogen-bond acceptors (Lipinski definition) is 6. The lowest BCUT2D eigenvalue weighted by Crippen LogP contribution is -2.42. The first kappa shape index (κ1) is 12.7. The number of ether oxygens (including phenoxy) is 3. The van der Waals surface area contributed by atoms with Gasteiger partial charge in [0.1, 0.15) is 18.3 Å². The molecule has 3 aliphatic heterocycles. The molecule has 3 aliphatic rings. The Morgan fingerprint density at radius 3 is 2.65 bits per heavy atom. The summed E-state index contributed by atoms with van der Waals surface area (Å²) in [5.74, 6) is 0. The van der Waals surface area contributed by atoms with E-state index in [9.17, 15) is 8.42 Å². The van der Waals surface area contributed by atoms with Gasteiger partial charge in [0.2, 0.25) is 0 Å². The summed E-state index contributed by atoms with van der Waals surface area (Å²) in [6, 6.07) is 6.51. The van der Waals surface area contributed by atoms with Crippen LogP contribution in [0.25, 0.3) is 0 Å². The minimum absolute atomic E-state index is 0.0908. The van der Waals surface area contributed by atoms with Gasteiger partial charge < -0.3 is 14.2 Å². The summed E-state index contributed by atoms with van der Waals surface area (Å²) < 4.78 is 46.2. The molecule has 0 saturated carbocycles. The molecule has 7 heteroatoms. The minimum Gasteiger partial charge on any atom is -0.364 e. The smallest absolute Gasteiger partial charge is 0.297 e. The van der Waals surface area contributed by atoms with Crippen molar-refractivity contribution in [1.82, 2.24) is 0 Å². The van der Waals surface area contributed by atoms with Crippen molar-refractivity contribution in [2.24, 2.45) is 0 Å². The maximum absolute atomic E-state index is 12.3. The van der Waals surface area contributed by atoms with Crippen molar-refractivity contribution in [2.75, 3.05) is 6.61 Å². The molecule has 3 heterocycles. The third-order valence-corrected chi connectivity index (χ3v) is 5.13. The standard InChI is InChI=1S/C13H14O6S/c1-7-2-4-8(5-3-7)20(14,15)19-12-11-10(18-11)9-6-16-13(12)17-9/h2-5,9-13H,6H2,1H3/t9-,10+,11+,12-,13-/m0/s1. The average molecular weight is 298 g/mol. The zero-order valence-electron chi connectivity index (χ0n) is 10.8. The number of benzene rings is 1. The van der Waals surface area contributed by atoms with Crippen LogP contribution in [0.5, 0.6) is 0 Å². The molecule has 0 N–H and O–H groups in total. The van der Waals surface area contributed by atoms with Crippen LogP contribution in [0.4, 0.5) is 0 Å². The molecule has 5 atom stereocenters. The van der Waals surface area contributed by atoms with E-state index in [4.69, 9.17) is 18.4 Å². The monoisotopic (exact) mass is 298 g/mol. The van der Waals surface area contributed by atoms with Crippen LogP contribution in [0.15, 0.2) is 29.2 Å². The lowest BCUT2D eigenvalue weighted by Gasteiger charge is -2.23. The zero-order valence-corrected chi connectivity index (χ0v) is 11.6. The fourth-order valence-corrected chi connectivity index (χ4v) is 3.72. The molecule has 6 nitrogen and oxygen atoms in total. The minimum atomic E-state index is -3.85. The fourth-order valence-electron chi connectivity index (χ4n) is 2.65. The van der Waals surface area contributed by atoms with Gasteiger partial charge in [-0.2, -0.15) is 8.42 Å². The largest absolute Gasteiger partial charge is 0.364 e. The fraction of sp³-hybridized carbons (Fsp3) is 0.538. The van der Waals surface area contributed by atoms with Crippen molar-refractivity contribution in [1.29, 1.82) is 0 Å². The van der Waals surface area contributed by atoms with Crippen molar-refractivity contribution in [2.45, 2.75) is 42.5 Å². The summed E-state index contributed by atoms with van der Waals surface area (Å²) in [4.78, 5) is 0.125. The summed E-state index contributed by atoms with van der Waals surface area (Å²) in [5.41, 5.74) is 0.984. The van der Waals surface area contributed by atoms with Crippen LogP contribution in [0.3, 0.4) is 0 Å². The maximum atomic E-state index is 12.3. The molecule has 4 rings (SSSR count). The van der Waals surface area contributed by atoms with E-state index in [0.717, 1.165) is 5.56 Å². The Balaban J connectivity index is 1.57. The van der Waals surface area contributed by atoms with Crippen molar-refractivity contribution in [3.8, 4) is 0 Å². The third-order valence-electron chi connectivity index (χ3n) is 3.80. The Hall–Kier alpha value is -0.990. The van der Waals surface area contributed by atoms with Crippen molar-refractivity contribution in [3.05, 3.63) is 29.8 Å². The Kier molecular flexibility index (Phi) is 2.71. The molecular formula is C13H14O6S. The Morgan fingerprint density at radius 1 is 1.15 bits per heavy atom. The molecule has 3 fully saturated rings. The number of aryl methyl sites for hydroxylation is 1. The number of epoxide rings is 1. The molecule has 20 heavy (non-hydrogen) atoms. The van der Waals surface area contributed by atoms with Crippen LogP contribution in [0, 0.1) is 6.92 Å². The van der Waals surface area contributed by atoms with Crippen LogP contribution in [0.1, 0.15) is 5.56 Å². The SMILES string of the molecule is Cc1ccc(S(=O)(=O)O[C@@H]2[C@H]3OC[C@H](O3)[C@H]3O[C@@H]23)cc1. The van der Waals surface area contributed by atoms with Gasteiger partial charge in [0, 0.05) is 0 Å². The Labute approximate surface area is 116 Å². The van der Waals surface area contributed by atoms with E-state index < -0.39 is 22.5 Å². The summed E-state index contributed by atoms with van der Waals surface area (Å²) in [6.07, 6.45) is -1.84. The molecular weight excluding hydrogens is 284 g/mol. The zero-order chi connectivity index (χ0) is 13.9. The van der Waals surface area contributed by atoms with E-state index >= 15 is 0 Å². The molecule has 0 radical (unpaired) electrons. The molecule has 0 aliphatic carbocycles. The van der Waals surface area contributed by atoms with Crippen molar-refractivity contribution in [3.63, 3.8) is 0 Å². The van der Waals surface area contributed by atoms with Crippen LogP contribution in [-0.4, -0.2) is 45.7 Å². The number of hydrogen-bond donors (Lipinski definition) is 0. The first-order chi connectivity index (χ1) is 9.54. The molecule has 0 unspecified atom stereocenters. The molecule has 3 saturated heterocycles. The molecule has 108 valence electrons. The summed E-state index contributed by atoms with van der Waals surface area (Å²) >= 11 is 0. The second-order valence-corrected chi connectivity index (χ2v) is 6.84. The lowest BCUT2D eigenvalue weighted by molar-refractivity contribution is -0.133. The highest BCUT2D eigenvalue weighted by Gasteiger charge is 2.63. The third kappa shape index (κ3) is 1.97. The van der Waals surface area contributed by atoms with Gasteiger partial charge in [-0.05, 0) is 19.1 Å². The highest BCUT2D eigenvalue weighted by atomic mass is 32.2. The van der Waals surface area contributed by atoms with Gasteiger partial charge in [-0.3, -0.25) is 4.18 Å². The van der Waals surface area contributed by atoms with Crippen molar-refractivity contribution < 1.29 is 26.8 Å². The summed E-state index contributed by atoms with van der Waals surface area (Å²) in [5, 5.41) is 0. The second-order valence-electron chi connectivity index (χ2n) is 5.27. The summed E-state index contributed by atoms with van der Waals surface area (Å²) in [6.45, 7) is 2.32. The lowest BCUT2D eigenvalue weighted by atomic mass is 10.1. The molecule has 2 bridgehead atoms. The molecule has 0 spiro atoms. The highest BCUT2D eigenvalue weighted by molar-refractivity contribution is 7.86. The van der Waals surface area contributed by atoms with Crippen LogP contribution in [-0.2, 0) is 28.5 Å². The van der Waals surface area contributed by atoms with Gasteiger partial charge in [-0.1, -0.05) is 17.7 Å². The predicted octanol–water partition coefficient (Wildman–Crippen LogP) is 0.591. The van der Waals surface area contributed by atoms with Gasteiger partial charge in [0.15, 0.2) is 12.4 Å². The van der Waals surface area contributed by atoms with Gasteiger partial charge in [0.05, 0.1) is 11.5 Å². The first-order valence-corrected chi connectivity index (χ1v) is 7.88. The van der Waals surface area contributed by atoms with E-state index in [1.807, 2.05) is 6.92 Å². The van der Waals surface area contributed by atoms with Gasteiger partial charge in [-0.25, -0.2) is 0 Å². The van der Waals surface area contributed by atoms with E-state index in [1.54, 1.807) is 12.1 Å². The summed E-state index contributed by atoms with van der Waals surface area (Å²) in [7, 11) is -3.85. The number of fused-ring (bicyclic) bond motifs is 4. The quantitative estimate of drug-likeness (QED) is 0.600. The topological polar surface area (TPSA) is 74.4 Å². The molecule has 1 aromatic carbocycles. The predicted molar refractivity (Wildman–Crippen MR) is 66.5 cm³/mol. The van der Waals surface area contributed by atoms with Crippen LogP contribution < -0.4 is 0 Å². The average Bonchev–Trinajstić information content (AvgIpc) is 3.09. The van der Waals surface area contributed by atoms with Crippen molar-refractivity contribution >= 4 is 10.1 Å².